The molecule has 0 aliphatic heterocycles. The highest BCUT2D eigenvalue weighted by atomic mass is 35.5. The van der Waals surface area contributed by atoms with Crippen LogP contribution in [0.1, 0.15) is 12.7 Å². The first-order chi connectivity index (χ1) is 12.1. The third-order valence-electron chi connectivity index (χ3n) is 4.15. The molecule has 7 heteroatoms. The molecule has 3 rings (SSSR count). The Morgan fingerprint density at radius 3 is 2.42 bits per heavy atom. The number of likely N-dealkylation sites (N-methyl/N-ethyl adjacent to an activating group) is 1. The molecule has 138 valence electrons. The average Bonchev–Trinajstić information content (AvgIpc) is 3.10. The Morgan fingerprint density at radius 1 is 1.08 bits per heavy atom. The number of nitrogens with one attached hydrogen (secondary N) is 1. The van der Waals surface area contributed by atoms with E-state index in [0.717, 1.165) is 28.8 Å². The van der Waals surface area contributed by atoms with Gasteiger partial charge in [0, 0.05) is 50.2 Å². The maximum absolute atomic E-state index is 5.40. The molecule has 0 aliphatic carbocycles. The lowest BCUT2D eigenvalue weighted by Crippen LogP contribution is -2.24. The fourth-order valence-electron chi connectivity index (χ4n) is 2.50. The largest absolute Gasteiger partial charge is 0.378 e. The Labute approximate surface area is 160 Å². The van der Waals surface area contributed by atoms with Crippen LogP contribution in [-0.2, 0) is 6.42 Å². The molecule has 26 heavy (non-hydrogen) atoms. The summed E-state index contributed by atoms with van der Waals surface area (Å²) < 4.78 is 5.40. The van der Waals surface area contributed by atoms with Crippen molar-refractivity contribution in [3.63, 3.8) is 0 Å². The number of aromatic nitrogens is 3. The van der Waals surface area contributed by atoms with E-state index in [1.54, 1.807) is 6.20 Å². The van der Waals surface area contributed by atoms with Gasteiger partial charge in [0.05, 0.1) is 5.56 Å². The lowest BCUT2D eigenvalue weighted by molar-refractivity contribution is 0.418. The molecule has 0 radical (unpaired) electrons. The predicted octanol–water partition coefficient (Wildman–Crippen LogP) is 3.44. The maximum Gasteiger partial charge on any atom is 0.259 e. The van der Waals surface area contributed by atoms with Gasteiger partial charge in [-0.3, -0.25) is 4.98 Å². The highest BCUT2D eigenvalue weighted by Gasteiger charge is 2.12. The number of anilines is 1. The minimum atomic E-state index is 0. The van der Waals surface area contributed by atoms with Crippen LogP contribution in [0, 0.1) is 0 Å². The molecule has 1 aromatic carbocycles. The molecule has 3 aromatic rings. The van der Waals surface area contributed by atoms with Crippen LogP contribution in [0.3, 0.4) is 0 Å². The van der Waals surface area contributed by atoms with E-state index >= 15 is 0 Å². The fourth-order valence-corrected chi connectivity index (χ4v) is 2.50. The van der Waals surface area contributed by atoms with Gasteiger partial charge in [0.2, 0.25) is 0 Å². The zero-order valence-electron chi connectivity index (χ0n) is 15.4. The molecule has 1 N–H and O–H groups in total. The zero-order chi connectivity index (χ0) is 17.8. The van der Waals surface area contributed by atoms with E-state index < -0.39 is 0 Å². The Kier molecular flexibility index (Phi) is 6.71. The molecular formula is C19H24ClN5O. The van der Waals surface area contributed by atoms with Crippen molar-refractivity contribution in [2.24, 2.45) is 0 Å². The van der Waals surface area contributed by atoms with Crippen molar-refractivity contribution in [1.29, 1.82) is 0 Å². The van der Waals surface area contributed by atoms with Crippen LogP contribution in [-0.4, -0.2) is 42.3 Å². The molecule has 2 heterocycles. The van der Waals surface area contributed by atoms with Gasteiger partial charge in [0.15, 0.2) is 5.82 Å². The van der Waals surface area contributed by atoms with Gasteiger partial charge in [-0.2, -0.15) is 4.98 Å². The van der Waals surface area contributed by atoms with Crippen LogP contribution in [0.2, 0.25) is 0 Å². The van der Waals surface area contributed by atoms with E-state index in [0.29, 0.717) is 17.8 Å². The number of hydrogen-bond acceptors (Lipinski definition) is 6. The Hall–Kier alpha value is -2.44. The van der Waals surface area contributed by atoms with Crippen molar-refractivity contribution in [2.75, 3.05) is 26.0 Å². The molecule has 0 aliphatic rings. The van der Waals surface area contributed by atoms with Crippen LogP contribution < -0.4 is 10.2 Å². The van der Waals surface area contributed by atoms with Crippen LogP contribution in [0.15, 0.2) is 47.2 Å². The van der Waals surface area contributed by atoms with E-state index in [4.69, 9.17) is 4.52 Å². The summed E-state index contributed by atoms with van der Waals surface area (Å²) in [6, 6.07) is 10.7. The lowest BCUT2D eigenvalue weighted by atomic mass is 10.1. The summed E-state index contributed by atoms with van der Waals surface area (Å²) >= 11 is 0. The van der Waals surface area contributed by atoms with E-state index in [9.17, 15) is 0 Å². The molecule has 0 bridgehead atoms. The second-order valence-corrected chi connectivity index (χ2v) is 6.31. The van der Waals surface area contributed by atoms with Crippen molar-refractivity contribution in [3.8, 4) is 22.6 Å². The predicted molar refractivity (Wildman–Crippen MR) is 107 cm³/mol. The minimum Gasteiger partial charge on any atom is -0.378 e. The normalized spacial score (nSPS) is 11.7. The number of hydrogen-bond donors (Lipinski definition) is 1. The summed E-state index contributed by atoms with van der Waals surface area (Å²) in [6.45, 7) is 2.08. The molecular weight excluding hydrogens is 350 g/mol. The fraction of sp³-hybridized carbons (Fsp3) is 0.316. The monoisotopic (exact) mass is 373 g/mol. The Morgan fingerprint density at radius 2 is 1.77 bits per heavy atom. The molecule has 1 atom stereocenters. The highest BCUT2D eigenvalue weighted by molar-refractivity contribution is 5.85. The average molecular weight is 374 g/mol. The van der Waals surface area contributed by atoms with Crippen molar-refractivity contribution < 1.29 is 4.52 Å². The highest BCUT2D eigenvalue weighted by Crippen LogP contribution is 2.26. The topological polar surface area (TPSA) is 67.1 Å². The SMILES string of the molecule is CNC(C)Cc1noc(-c2cncc(-c3ccc(N(C)C)cc3)c2)n1.Cl. The van der Waals surface area contributed by atoms with Gasteiger partial charge in [0.1, 0.15) is 0 Å². The molecule has 0 saturated carbocycles. The van der Waals surface area contributed by atoms with Gasteiger partial charge in [-0.15, -0.1) is 12.4 Å². The number of nitrogens with zero attached hydrogens (tertiary/aromatic N) is 4. The van der Waals surface area contributed by atoms with E-state index in [-0.39, 0.29) is 12.4 Å². The summed E-state index contributed by atoms with van der Waals surface area (Å²) in [6.07, 6.45) is 4.31. The zero-order valence-corrected chi connectivity index (χ0v) is 16.2. The van der Waals surface area contributed by atoms with Gasteiger partial charge in [0.25, 0.3) is 5.89 Å². The minimum absolute atomic E-state index is 0. The quantitative estimate of drug-likeness (QED) is 0.714. The molecule has 0 amide bonds. The summed E-state index contributed by atoms with van der Waals surface area (Å²) in [7, 11) is 5.97. The lowest BCUT2D eigenvalue weighted by Gasteiger charge is -2.12. The van der Waals surface area contributed by atoms with Gasteiger partial charge < -0.3 is 14.7 Å². The van der Waals surface area contributed by atoms with E-state index in [1.165, 1.54) is 0 Å². The first-order valence-electron chi connectivity index (χ1n) is 8.30. The first-order valence-corrected chi connectivity index (χ1v) is 8.30. The third-order valence-corrected chi connectivity index (χ3v) is 4.15. The second-order valence-electron chi connectivity index (χ2n) is 6.31. The summed E-state index contributed by atoms with van der Waals surface area (Å²) in [5.74, 6) is 1.19. The van der Waals surface area contributed by atoms with Crippen LogP contribution in [0.5, 0.6) is 0 Å². The Bertz CT molecular complexity index is 832. The number of rotatable bonds is 6. The summed E-state index contributed by atoms with van der Waals surface area (Å²) in [5, 5.41) is 7.22. The van der Waals surface area contributed by atoms with Gasteiger partial charge in [-0.05, 0) is 37.7 Å². The molecule has 0 saturated heterocycles. The molecule has 0 spiro atoms. The van der Waals surface area contributed by atoms with Crippen LogP contribution in [0.25, 0.3) is 22.6 Å². The Balaban J connectivity index is 0.00000243. The van der Waals surface area contributed by atoms with Crippen molar-refractivity contribution in [1.82, 2.24) is 20.4 Å². The molecule has 6 nitrogen and oxygen atoms in total. The van der Waals surface area contributed by atoms with Gasteiger partial charge >= 0.3 is 0 Å². The second kappa shape index (κ2) is 8.78. The van der Waals surface area contributed by atoms with Crippen molar-refractivity contribution >= 4 is 18.1 Å². The summed E-state index contributed by atoms with van der Waals surface area (Å²) in [4.78, 5) is 10.9. The van der Waals surface area contributed by atoms with Gasteiger partial charge in [-0.1, -0.05) is 17.3 Å². The van der Waals surface area contributed by atoms with Crippen LogP contribution in [0.4, 0.5) is 5.69 Å². The number of halogens is 1. The summed E-state index contributed by atoms with van der Waals surface area (Å²) in [5.41, 5.74) is 4.10. The van der Waals surface area contributed by atoms with Crippen molar-refractivity contribution in [3.05, 3.63) is 48.5 Å². The number of benzene rings is 1. The standard InChI is InChI=1S/C19H23N5O.ClH/c1-13(20-2)9-18-22-19(25-23-18)16-10-15(11-21-12-16)14-5-7-17(8-6-14)24(3)4;/h5-8,10-13,20H,9H2,1-4H3;1H. The van der Waals surface area contributed by atoms with Crippen molar-refractivity contribution in [2.45, 2.75) is 19.4 Å². The molecule has 0 fully saturated rings. The first kappa shape index (κ1) is 19.9. The molecule has 1 unspecified atom stereocenters. The van der Waals surface area contributed by atoms with Crippen LogP contribution >= 0.6 is 12.4 Å². The maximum atomic E-state index is 5.40. The van der Waals surface area contributed by atoms with E-state index in [2.05, 4.69) is 56.5 Å². The number of pyridine rings is 1. The smallest absolute Gasteiger partial charge is 0.259 e. The van der Waals surface area contributed by atoms with Gasteiger partial charge in [-0.25, -0.2) is 0 Å². The molecule has 2 aromatic heterocycles. The van der Waals surface area contributed by atoms with E-state index in [1.807, 2.05) is 33.4 Å². The third kappa shape index (κ3) is 4.59.